The van der Waals surface area contributed by atoms with Crippen molar-refractivity contribution in [2.45, 2.75) is 46.5 Å². The fourth-order valence-corrected chi connectivity index (χ4v) is 2.44. The fourth-order valence-electron chi connectivity index (χ4n) is 2.44. The monoisotopic (exact) mass is 409 g/mol. The van der Waals surface area contributed by atoms with E-state index in [4.69, 9.17) is 18.9 Å². The van der Waals surface area contributed by atoms with Crippen molar-refractivity contribution in [3.63, 3.8) is 0 Å². The normalized spacial score (nSPS) is 11.0. The van der Waals surface area contributed by atoms with Crippen molar-refractivity contribution < 1.29 is 23.7 Å². The minimum absolute atomic E-state index is 0.0430. The molecular weight excluding hydrogens is 370 g/mol. The number of benzene rings is 1. The van der Waals surface area contributed by atoms with Crippen LogP contribution in [-0.4, -0.2) is 58.6 Å². The van der Waals surface area contributed by atoms with Gasteiger partial charge in [-0.3, -0.25) is 4.79 Å². The van der Waals surface area contributed by atoms with Crippen LogP contribution < -0.4 is 10.1 Å². The number of nitrogens with one attached hydrogen (secondary N) is 1. The first-order valence-corrected chi connectivity index (χ1v) is 10.9. The van der Waals surface area contributed by atoms with E-state index in [1.165, 1.54) is 0 Å². The molecule has 0 amide bonds. The summed E-state index contributed by atoms with van der Waals surface area (Å²) in [5.41, 5.74) is 1.11. The van der Waals surface area contributed by atoms with Crippen molar-refractivity contribution in [1.29, 1.82) is 0 Å². The summed E-state index contributed by atoms with van der Waals surface area (Å²) in [5, 5.41) is 3.26. The molecular formula is C23H39NO5. The number of ketones is 1. The van der Waals surface area contributed by atoms with Gasteiger partial charge in [0.15, 0.2) is 5.78 Å². The zero-order chi connectivity index (χ0) is 21.2. The van der Waals surface area contributed by atoms with E-state index in [2.05, 4.69) is 12.2 Å². The highest BCUT2D eigenvalue weighted by Gasteiger charge is 2.06. The Hall–Kier alpha value is -1.63. The Labute approximate surface area is 176 Å². The first-order valence-electron chi connectivity index (χ1n) is 10.9. The van der Waals surface area contributed by atoms with E-state index < -0.39 is 0 Å². The second-order valence-electron chi connectivity index (χ2n) is 7.22. The minimum Gasteiger partial charge on any atom is -0.494 e. The number of rotatable bonds is 19. The molecule has 29 heavy (non-hydrogen) atoms. The third-order valence-electron chi connectivity index (χ3n) is 4.23. The molecule has 0 heterocycles. The smallest absolute Gasteiger partial charge is 0.160 e. The molecule has 1 aromatic carbocycles. The molecule has 0 aliphatic heterocycles. The first kappa shape index (κ1) is 25.4. The summed E-state index contributed by atoms with van der Waals surface area (Å²) >= 11 is 0. The van der Waals surface area contributed by atoms with Crippen LogP contribution in [0, 0.1) is 5.92 Å². The molecule has 6 nitrogen and oxygen atoms in total. The summed E-state index contributed by atoms with van der Waals surface area (Å²) in [4.78, 5) is 11.4. The molecule has 0 aliphatic rings. The zero-order valence-electron chi connectivity index (χ0n) is 18.4. The van der Waals surface area contributed by atoms with Gasteiger partial charge in [-0.1, -0.05) is 13.8 Å². The van der Waals surface area contributed by atoms with Crippen molar-refractivity contribution in [2.24, 2.45) is 5.92 Å². The van der Waals surface area contributed by atoms with E-state index in [1.807, 2.05) is 38.1 Å². The maximum atomic E-state index is 11.4. The summed E-state index contributed by atoms with van der Waals surface area (Å²) in [6, 6.07) is 8.02. The Balaban J connectivity index is 1.80. The number of Topliss-reactive ketones (excluding diaryl/α,β-unsaturated/α-hetero) is 1. The van der Waals surface area contributed by atoms with Gasteiger partial charge in [-0.2, -0.15) is 0 Å². The zero-order valence-corrected chi connectivity index (χ0v) is 18.4. The van der Waals surface area contributed by atoms with E-state index >= 15 is 0 Å². The number of hydrogen-bond donors (Lipinski definition) is 1. The highest BCUT2D eigenvalue weighted by atomic mass is 16.5. The molecule has 0 radical (unpaired) electrons. The molecule has 0 saturated carbocycles. The lowest BCUT2D eigenvalue weighted by atomic mass is 10.1. The molecule has 166 valence electrons. The maximum absolute atomic E-state index is 11.4. The average Bonchev–Trinajstić information content (AvgIpc) is 2.72. The highest BCUT2D eigenvalue weighted by Crippen LogP contribution is 2.15. The van der Waals surface area contributed by atoms with Crippen LogP contribution in [0.5, 0.6) is 5.75 Å². The van der Waals surface area contributed by atoms with Gasteiger partial charge < -0.3 is 24.3 Å². The summed E-state index contributed by atoms with van der Waals surface area (Å²) < 4.78 is 22.2. The molecule has 0 atom stereocenters. The molecule has 0 unspecified atom stereocenters. The molecule has 0 fully saturated rings. The minimum atomic E-state index is 0.0430. The largest absolute Gasteiger partial charge is 0.494 e. The average molecular weight is 410 g/mol. The number of ether oxygens (including phenoxy) is 4. The van der Waals surface area contributed by atoms with Crippen LogP contribution in [0.15, 0.2) is 24.3 Å². The van der Waals surface area contributed by atoms with E-state index in [0.29, 0.717) is 26.4 Å². The van der Waals surface area contributed by atoms with Gasteiger partial charge in [0, 0.05) is 57.6 Å². The Kier molecular flexibility index (Phi) is 15.1. The maximum Gasteiger partial charge on any atom is 0.160 e. The second-order valence-corrected chi connectivity index (χ2v) is 7.22. The topological polar surface area (TPSA) is 66.0 Å². The molecule has 6 heteroatoms. The van der Waals surface area contributed by atoms with Crippen LogP contribution in [0.4, 0.5) is 5.69 Å². The van der Waals surface area contributed by atoms with E-state index in [9.17, 15) is 4.79 Å². The summed E-state index contributed by atoms with van der Waals surface area (Å²) in [6.07, 6.45) is 3.68. The molecule has 1 rings (SSSR count). The number of unbranched alkanes of at least 4 members (excludes halogenated alkanes) is 1. The lowest BCUT2D eigenvalue weighted by Crippen LogP contribution is -2.15. The fraction of sp³-hybridized carbons (Fsp3) is 0.696. The van der Waals surface area contributed by atoms with Gasteiger partial charge in [0.2, 0.25) is 0 Å². The van der Waals surface area contributed by atoms with Gasteiger partial charge in [-0.25, -0.2) is 0 Å². The summed E-state index contributed by atoms with van der Waals surface area (Å²) in [6.45, 7) is 11.1. The molecule has 0 bridgehead atoms. The number of carbonyl (C=O) groups excluding carboxylic acids is 1. The van der Waals surface area contributed by atoms with Crippen molar-refractivity contribution in [3.05, 3.63) is 24.3 Å². The molecule has 0 spiro atoms. The third kappa shape index (κ3) is 14.1. The summed E-state index contributed by atoms with van der Waals surface area (Å²) in [5.74, 6) is 1.08. The molecule has 1 N–H and O–H groups in total. The molecule has 0 saturated heterocycles. The van der Waals surface area contributed by atoms with Crippen molar-refractivity contribution in [1.82, 2.24) is 0 Å². The van der Waals surface area contributed by atoms with Crippen LogP contribution in [0.1, 0.15) is 46.5 Å². The standard InChI is InChI=1S/C23H39NO5/c1-4-24-21-9-11-22(12-10-21)29-18-8-16-27-14-6-5-13-26-15-7-17-28-19-23(25)20(2)3/h9-12,20,24H,4-8,13-19H2,1-3H3. The van der Waals surface area contributed by atoms with E-state index in [-0.39, 0.29) is 18.3 Å². The number of hydrogen-bond acceptors (Lipinski definition) is 6. The second kappa shape index (κ2) is 17.2. The van der Waals surface area contributed by atoms with Gasteiger partial charge in [0.25, 0.3) is 0 Å². The quantitative estimate of drug-likeness (QED) is 0.343. The van der Waals surface area contributed by atoms with Gasteiger partial charge >= 0.3 is 0 Å². The van der Waals surface area contributed by atoms with Gasteiger partial charge in [-0.15, -0.1) is 0 Å². The Morgan fingerprint density at radius 3 is 1.97 bits per heavy atom. The molecule has 1 aromatic rings. The number of anilines is 1. The van der Waals surface area contributed by atoms with Gasteiger partial charge in [0.1, 0.15) is 12.4 Å². The summed E-state index contributed by atoms with van der Waals surface area (Å²) in [7, 11) is 0. The van der Waals surface area contributed by atoms with Crippen LogP contribution >= 0.6 is 0 Å². The SMILES string of the molecule is CCNc1ccc(OCCCOCCCCOCCCOCC(=O)C(C)C)cc1. The van der Waals surface area contributed by atoms with Crippen molar-refractivity contribution >= 4 is 11.5 Å². The lowest BCUT2D eigenvalue weighted by Gasteiger charge is -2.09. The van der Waals surface area contributed by atoms with Crippen LogP contribution in [-0.2, 0) is 19.0 Å². The van der Waals surface area contributed by atoms with Gasteiger partial charge in [0.05, 0.1) is 6.61 Å². The lowest BCUT2D eigenvalue weighted by molar-refractivity contribution is -0.126. The van der Waals surface area contributed by atoms with E-state index in [0.717, 1.165) is 56.9 Å². The predicted molar refractivity (Wildman–Crippen MR) is 117 cm³/mol. The first-order chi connectivity index (χ1) is 14.1. The third-order valence-corrected chi connectivity index (χ3v) is 4.23. The predicted octanol–water partition coefficient (Wildman–Crippen LogP) is 4.33. The molecule has 0 aliphatic carbocycles. The van der Waals surface area contributed by atoms with Crippen LogP contribution in [0.2, 0.25) is 0 Å². The van der Waals surface area contributed by atoms with Crippen molar-refractivity contribution in [3.8, 4) is 5.75 Å². The van der Waals surface area contributed by atoms with Gasteiger partial charge in [-0.05, 0) is 50.5 Å². The highest BCUT2D eigenvalue weighted by molar-refractivity contribution is 5.81. The van der Waals surface area contributed by atoms with Crippen molar-refractivity contribution in [2.75, 3.05) is 58.1 Å². The van der Waals surface area contributed by atoms with E-state index in [1.54, 1.807) is 0 Å². The Bertz CT molecular complexity index is 519. The Morgan fingerprint density at radius 2 is 1.38 bits per heavy atom. The number of carbonyl (C=O) groups is 1. The van der Waals surface area contributed by atoms with Crippen LogP contribution in [0.3, 0.4) is 0 Å². The Morgan fingerprint density at radius 1 is 0.828 bits per heavy atom. The molecule has 0 aromatic heterocycles. The van der Waals surface area contributed by atoms with Crippen LogP contribution in [0.25, 0.3) is 0 Å².